The van der Waals surface area contributed by atoms with Gasteiger partial charge in [-0.1, -0.05) is 30.3 Å². The fourth-order valence-electron chi connectivity index (χ4n) is 1.07. The first-order chi connectivity index (χ1) is 6.18. The van der Waals surface area contributed by atoms with Crippen molar-refractivity contribution in [2.24, 2.45) is 0 Å². The second-order valence-electron chi connectivity index (χ2n) is 3.20. The first-order valence-electron chi connectivity index (χ1n) is 4.42. The molecule has 0 N–H and O–H groups in total. The summed E-state index contributed by atoms with van der Waals surface area (Å²) in [4.78, 5) is 11.2. The fourth-order valence-corrected chi connectivity index (χ4v) is 1.07. The molecule has 1 aromatic rings. The van der Waals surface area contributed by atoms with Gasteiger partial charge in [0.1, 0.15) is 0 Å². The Morgan fingerprint density at radius 1 is 1.29 bits per heavy atom. The summed E-state index contributed by atoms with van der Waals surface area (Å²) >= 11 is 0. The summed E-state index contributed by atoms with van der Waals surface area (Å²) in [6.07, 6.45) is 0.329. The molecular formula is C11H15NaO2. The number of esters is 1. The molecule has 0 aromatic heterocycles. The number of carbonyl (C=O) groups excluding carboxylic acids is 1. The third-order valence-corrected chi connectivity index (χ3v) is 1.56. The van der Waals surface area contributed by atoms with Crippen LogP contribution in [0.5, 0.6) is 0 Å². The molecule has 2 nitrogen and oxygen atoms in total. The van der Waals surface area contributed by atoms with Gasteiger partial charge >= 0.3 is 35.5 Å². The number of hydrogen-bond donors (Lipinski definition) is 0. The summed E-state index contributed by atoms with van der Waals surface area (Å²) in [5.74, 6) is -0.166. The zero-order valence-electron chi connectivity index (χ0n) is 7.99. The van der Waals surface area contributed by atoms with Crippen LogP contribution in [0.1, 0.15) is 19.4 Å². The van der Waals surface area contributed by atoms with Crippen LogP contribution in [-0.4, -0.2) is 41.6 Å². The predicted octanol–water partition coefficient (Wildman–Crippen LogP) is 1.53. The van der Waals surface area contributed by atoms with Crippen molar-refractivity contribution in [2.45, 2.75) is 26.4 Å². The Labute approximate surface area is 107 Å². The van der Waals surface area contributed by atoms with E-state index in [2.05, 4.69) is 0 Å². The van der Waals surface area contributed by atoms with Gasteiger partial charge in [0.25, 0.3) is 0 Å². The van der Waals surface area contributed by atoms with Gasteiger partial charge in [-0.15, -0.1) is 0 Å². The molecule has 72 valence electrons. The van der Waals surface area contributed by atoms with Gasteiger partial charge in [-0.2, -0.15) is 0 Å². The Morgan fingerprint density at radius 2 is 1.86 bits per heavy atom. The van der Waals surface area contributed by atoms with Gasteiger partial charge in [-0.3, -0.25) is 4.79 Å². The second kappa shape index (κ2) is 7.04. The third-order valence-electron chi connectivity index (χ3n) is 1.56. The third kappa shape index (κ3) is 5.43. The molecule has 0 fully saturated rings. The Hall–Kier alpha value is -0.310. The van der Waals surface area contributed by atoms with Crippen LogP contribution in [-0.2, 0) is 16.0 Å². The van der Waals surface area contributed by atoms with Gasteiger partial charge in [0.15, 0.2) is 0 Å². The van der Waals surface area contributed by atoms with Crippen molar-refractivity contribution >= 4 is 35.5 Å². The molecule has 0 heterocycles. The van der Waals surface area contributed by atoms with Gasteiger partial charge in [0.2, 0.25) is 0 Å². The van der Waals surface area contributed by atoms with Crippen LogP contribution < -0.4 is 0 Å². The summed E-state index contributed by atoms with van der Waals surface area (Å²) in [6.45, 7) is 3.70. The number of carbonyl (C=O) groups is 1. The molecule has 0 aliphatic heterocycles. The normalized spacial score (nSPS) is 9.36. The van der Waals surface area contributed by atoms with E-state index in [0.717, 1.165) is 5.56 Å². The van der Waals surface area contributed by atoms with Crippen LogP contribution >= 0.6 is 0 Å². The maximum atomic E-state index is 11.2. The standard InChI is InChI=1S/C11H14O2.Na.H/c1-9(2)13-11(12)8-10-6-4-3-5-7-10;;/h3-7,9H,8H2,1-2H3;;. The molecule has 14 heavy (non-hydrogen) atoms. The Bertz CT molecular complexity index is 270. The molecule has 0 bridgehead atoms. The molecule has 0 aliphatic carbocycles. The first kappa shape index (κ1) is 13.7. The van der Waals surface area contributed by atoms with Gasteiger partial charge in [-0.05, 0) is 19.4 Å². The summed E-state index contributed by atoms with van der Waals surface area (Å²) < 4.78 is 5.02. The molecule has 3 heteroatoms. The van der Waals surface area contributed by atoms with Crippen LogP contribution in [0.15, 0.2) is 30.3 Å². The van der Waals surface area contributed by atoms with E-state index in [1.807, 2.05) is 44.2 Å². The number of rotatable bonds is 3. The molecule has 0 atom stereocenters. The van der Waals surface area contributed by atoms with Gasteiger partial charge < -0.3 is 4.74 Å². The molecule has 0 unspecified atom stereocenters. The van der Waals surface area contributed by atoms with Crippen molar-refractivity contribution in [3.63, 3.8) is 0 Å². The van der Waals surface area contributed by atoms with Gasteiger partial charge in [0.05, 0.1) is 12.5 Å². The fraction of sp³-hybridized carbons (Fsp3) is 0.364. The Kier molecular flexibility index (Phi) is 6.89. The van der Waals surface area contributed by atoms with Crippen LogP contribution in [0, 0.1) is 0 Å². The summed E-state index contributed by atoms with van der Waals surface area (Å²) in [5.41, 5.74) is 0.994. The number of hydrogen-bond acceptors (Lipinski definition) is 2. The maximum absolute atomic E-state index is 11.2. The quantitative estimate of drug-likeness (QED) is 0.549. The minimum absolute atomic E-state index is 0. The first-order valence-corrected chi connectivity index (χ1v) is 4.42. The number of ether oxygens (including phenoxy) is 1. The summed E-state index contributed by atoms with van der Waals surface area (Å²) in [7, 11) is 0. The SMILES string of the molecule is CC(C)OC(=O)Cc1ccccc1.[NaH]. The topological polar surface area (TPSA) is 26.3 Å². The van der Waals surface area contributed by atoms with Crippen LogP contribution in [0.3, 0.4) is 0 Å². The molecule has 0 radical (unpaired) electrons. The van der Waals surface area contributed by atoms with E-state index in [1.54, 1.807) is 0 Å². The van der Waals surface area contributed by atoms with E-state index in [9.17, 15) is 4.79 Å². The Morgan fingerprint density at radius 3 is 2.36 bits per heavy atom. The van der Waals surface area contributed by atoms with E-state index >= 15 is 0 Å². The van der Waals surface area contributed by atoms with E-state index in [1.165, 1.54) is 0 Å². The van der Waals surface area contributed by atoms with E-state index < -0.39 is 0 Å². The molecule has 1 rings (SSSR count). The average Bonchev–Trinajstić information content (AvgIpc) is 2.04. The molecular weight excluding hydrogens is 187 g/mol. The Balaban J connectivity index is 0.00000169. The molecule has 0 amide bonds. The summed E-state index contributed by atoms with van der Waals surface area (Å²) in [5, 5.41) is 0. The van der Waals surface area contributed by atoms with Crippen LogP contribution in [0.2, 0.25) is 0 Å². The second-order valence-corrected chi connectivity index (χ2v) is 3.20. The van der Waals surface area contributed by atoms with Crippen LogP contribution in [0.25, 0.3) is 0 Å². The minimum atomic E-state index is -0.166. The average molecular weight is 202 g/mol. The van der Waals surface area contributed by atoms with E-state index in [4.69, 9.17) is 4.74 Å². The molecule has 0 saturated carbocycles. The van der Waals surface area contributed by atoms with E-state index in [-0.39, 0.29) is 41.6 Å². The zero-order valence-corrected chi connectivity index (χ0v) is 7.99. The van der Waals surface area contributed by atoms with Crippen molar-refractivity contribution in [2.75, 3.05) is 0 Å². The van der Waals surface area contributed by atoms with Crippen LogP contribution in [0.4, 0.5) is 0 Å². The number of benzene rings is 1. The molecule has 0 spiro atoms. The van der Waals surface area contributed by atoms with E-state index in [0.29, 0.717) is 6.42 Å². The predicted molar refractivity (Wildman–Crippen MR) is 58.5 cm³/mol. The van der Waals surface area contributed by atoms with Crippen molar-refractivity contribution in [3.8, 4) is 0 Å². The van der Waals surface area contributed by atoms with Gasteiger partial charge in [-0.25, -0.2) is 0 Å². The summed E-state index contributed by atoms with van der Waals surface area (Å²) in [6, 6.07) is 9.59. The zero-order chi connectivity index (χ0) is 9.68. The van der Waals surface area contributed by atoms with Crippen molar-refractivity contribution in [1.82, 2.24) is 0 Å². The molecule has 1 aromatic carbocycles. The van der Waals surface area contributed by atoms with Gasteiger partial charge in [0, 0.05) is 0 Å². The van der Waals surface area contributed by atoms with Crippen molar-refractivity contribution < 1.29 is 9.53 Å². The molecule has 0 saturated heterocycles. The van der Waals surface area contributed by atoms with Crippen molar-refractivity contribution in [3.05, 3.63) is 35.9 Å². The molecule has 0 aliphatic rings. The van der Waals surface area contributed by atoms with Crippen molar-refractivity contribution in [1.29, 1.82) is 0 Å². The monoisotopic (exact) mass is 202 g/mol.